The first-order valence-corrected chi connectivity index (χ1v) is 8.29. The molecule has 0 saturated heterocycles. The monoisotopic (exact) mass is 310 g/mol. The van der Waals surface area contributed by atoms with Crippen LogP contribution in [0, 0.1) is 0 Å². The lowest BCUT2D eigenvalue weighted by molar-refractivity contribution is 0.104. The van der Waals surface area contributed by atoms with E-state index in [1.54, 1.807) is 0 Å². The molecular formula is C19H18O2S. The Bertz CT molecular complexity index is 734. The van der Waals surface area contributed by atoms with Crippen molar-refractivity contribution >= 4 is 23.6 Å². The fourth-order valence-corrected chi connectivity index (χ4v) is 3.33. The summed E-state index contributed by atoms with van der Waals surface area (Å²) in [4.78, 5) is 14.2. The number of benzene rings is 2. The van der Waals surface area contributed by atoms with E-state index in [1.807, 2.05) is 54.6 Å². The van der Waals surface area contributed by atoms with Gasteiger partial charge in [0.2, 0.25) is 5.78 Å². The third-order valence-electron chi connectivity index (χ3n) is 3.68. The van der Waals surface area contributed by atoms with Crippen LogP contribution in [0.4, 0.5) is 0 Å². The molecule has 0 N–H and O–H groups in total. The van der Waals surface area contributed by atoms with Gasteiger partial charge in [-0.25, -0.2) is 0 Å². The largest absolute Gasteiger partial charge is 0.490 e. The summed E-state index contributed by atoms with van der Waals surface area (Å²) in [5.74, 6) is 0.924. The molecule has 0 unspecified atom stereocenters. The van der Waals surface area contributed by atoms with Gasteiger partial charge in [0.1, 0.15) is 5.75 Å². The van der Waals surface area contributed by atoms with E-state index >= 15 is 0 Å². The molecule has 0 spiro atoms. The van der Waals surface area contributed by atoms with E-state index in [-0.39, 0.29) is 11.9 Å². The molecule has 1 aliphatic rings. The van der Waals surface area contributed by atoms with Crippen LogP contribution < -0.4 is 4.74 Å². The summed E-state index contributed by atoms with van der Waals surface area (Å²) in [5, 5.41) is 0. The lowest BCUT2D eigenvalue weighted by Gasteiger charge is -2.14. The second-order valence-corrected chi connectivity index (χ2v) is 6.39. The van der Waals surface area contributed by atoms with Crippen LogP contribution in [-0.4, -0.2) is 11.9 Å². The molecule has 0 fully saturated rings. The smallest absolute Gasteiger partial charge is 0.200 e. The number of ether oxygens (including phenoxy) is 1. The van der Waals surface area contributed by atoms with Crippen LogP contribution in [0.1, 0.15) is 36.2 Å². The molecule has 0 bridgehead atoms. The zero-order valence-electron chi connectivity index (χ0n) is 12.7. The van der Waals surface area contributed by atoms with Crippen LogP contribution in [0.25, 0.3) is 6.08 Å². The topological polar surface area (TPSA) is 26.3 Å². The van der Waals surface area contributed by atoms with Crippen molar-refractivity contribution in [3.63, 3.8) is 0 Å². The first-order chi connectivity index (χ1) is 10.7. The maximum Gasteiger partial charge on any atom is 0.200 e. The average Bonchev–Trinajstić information content (AvgIpc) is 2.86. The highest BCUT2D eigenvalue weighted by Gasteiger charge is 2.25. The second kappa shape index (κ2) is 6.41. The third-order valence-corrected chi connectivity index (χ3v) is 4.78. The van der Waals surface area contributed by atoms with E-state index < -0.39 is 0 Å². The molecule has 0 saturated carbocycles. The van der Waals surface area contributed by atoms with Gasteiger partial charge in [0.05, 0.1) is 11.0 Å². The van der Waals surface area contributed by atoms with Gasteiger partial charge < -0.3 is 4.74 Å². The minimum absolute atomic E-state index is 0.0962. The Hall–Kier alpha value is -2.00. The molecule has 0 aromatic heterocycles. The minimum atomic E-state index is 0.0962. The van der Waals surface area contributed by atoms with Crippen LogP contribution in [0.15, 0.2) is 58.3 Å². The normalized spacial score (nSPS) is 16.6. The maximum atomic E-state index is 12.5. The van der Waals surface area contributed by atoms with Gasteiger partial charge in [-0.05, 0) is 37.6 Å². The van der Waals surface area contributed by atoms with Gasteiger partial charge in [0.25, 0.3) is 0 Å². The zero-order chi connectivity index (χ0) is 15.5. The number of ketones is 1. The molecule has 2 nitrogen and oxygen atoms in total. The van der Waals surface area contributed by atoms with Crippen LogP contribution in [0.2, 0.25) is 0 Å². The second-order valence-electron chi connectivity index (χ2n) is 5.31. The summed E-state index contributed by atoms with van der Waals surface area (Å²) >= 11 is 1.53. The first-order valence-electron chi connectivity index (χ1n) is 7.48. The van der Waals surface area contributed by atoms with E-state index in [0.717, 1.165) is 33.1 Å². The summed E-state index contributed by atoms with van der Waals surface area (Å²) in [6.45, 7) is 4.15. The van der Waals surface area contributed by atoms with Crippen molar-refractivity contribution in [3.8, 4) is 5.75 Å². The van der Waals surface area contributed by atoms with E-state index in [1.165, 1.54) is 11.8 Å². The molecule has 1 atom stereocenters. The number of hydrogen-bond donors (Lipinski definition) is 0. The molecule has 0 aliphatic carbocycles. The van der Waals surface area contributed by atoms with Gasteiger partial charge in [0, 0.05) is 16.0 Å². The SMILES string of the molecule is CC[C@@H](C)Oc1ccccc1/C=C1\Sc2ccccc2C1=O. The number of carbonyl (C=O) groups is 1. The molecule has 3 heteroatoms. The van der Waals surface area contributed by atoms with E-state index in [4.69, 9.17) is 4.74 Å². The highest BCUT2D eigenvalue weighted by molar-refractivity contribution is 8.04. The average molecular weight is 310 g/mol. The maximum absolute atomic E-state index is 12.5. The Morgan fingerprint density at radius 3 is 2.64 bits per heavy atom. The van der Waals surface area contributed by atoms with Gasteiger partial charge in [0.15, 0.2) is 0 Å². The van der Waals surface area contributed by atoms with Crippen LogP contribution >= 0.6 is 11.8 Å². The number of para-hydroxylation sites is 1. The molecule has 3 rings (SSSR count). The number of hydrogen-bond acceptors (Lipinski definition) is 3. The third kappa shape index (κ3) is 2.95. The number of Topliss-reactive ketones (excluding diaryl/α,β-unsaturated/α-hetero) is 1. The van der Waals surface area contributed by atoms with Gasteiger partial charge in [-0.15, -0.1) is 0 Å². The van der Waals surface area contributed by atoms with Crippen molar-refractivity contribution in [2.45, 2.75) is 31.3 Å². The van der Waals surface area contributed by atoms with Crippen LogP contribution in [0.3, 0.4) is 0 Å². The standard InChI is InChI=1S/C19H18O2S/c1-3-13(2)21-16-10-6-4-8-14(16)12-18-19(20)15-9-5-7-11-17(15)22-18/h4-13H,3H2,1-2H3/b18-12-/t13-/m1/s1. The van der Waals surface area contributed by atoms with Crippen molar-refractivity contribution in [2.75, 3.05) is 0 Å². The van der Waals surface area contributed by atoms with Crippen molar-refractivity contribution in [2.24, 2.45) is 0 Å². The zero-order valence-corrected chi connectivity index (χ0v) is 13.5. The van der Waals surface area contributed by atoms with Crippen LogP contribution in [-0.2, 0) is 0 Å². The molecule has 0 amide bonds. The van der Waals surface area contributed by atoms with Crippen molar-refractivity contribution in [1.29, 1.82) is 0 Å². The summed E-state index contributed by atoms with van der Waals surface area (Å²) in [6.07, 6.45) is 3.04. The van der Waals surface area contributed by atoms with Crippen LogP contribution in [0.5, 0.6) is 5.75 Å². The van der Waals surface area contributed by atoms with Crippen molar-refractivity contribution < 1.29 is 9.53 Å². The number of fused-ring (bicyclic) bond motifs is 1. The first kappa shape index (κ1) is 14.9. The fraction of sp³-hybridized carbons (Fsp3) is 0.211. The van der Waals surface area contributed by atoms with Gasteiger partial charge in [-0.1, -0.05) is 49.0 Å². The summed E-state index contributed by atoms with van der Waals surface area (Å²) in [7, 11) is 0. The molecular weight excluding hydrogens is 292 g/mol. The van der Waals surface area contributed by atoms with E-state index in [9.17, 15) is 4.79 Å². The Kier molecular flexibility index (Phi) is 4.34. The Morgan fingerprint density at radius 1 is 1.14 bits per heavy atom. The summed E-state index contributed by atoms with van der Waals surface area (Å²) in [5.41, 5.74) is 1.74. The van der Waals surface area contributed by atoms with E-state index in [0.29, 0.717) is 0 Å². The van der Waals surface area contributed by atoms with Crippen molar-refractivity contribution in [3.05, 3.63) is 64.6 Å². The lowest BCUT2D eigenvalue weighted by atomic mass is 10.1. The van der Waals surface area contributed by atoms with Gasteiger partial charge in [-0.2, -0.15) is 0 Å². The summed E-state index contributed by atoms with van der Waals surface area (Å²) in [6, 6.07) is 15.6. The quantitative estimate of drug-likeness (QED) is 0.727. The fourth-order valence-electron chi connectivity index (χ4n) is 2.28. The van der Waals surface area contributed by atoms with Crippen molar-refractivity contribution in [1.82, 2.24) is 0 Å². The Balaban J connectivity index is 1.92. The molecule has 1 aliphatic heterocycles. The minimum Gasteiger partial charge on any atom is -0.490 e. The number of carbonyl (C=O) groups excluding carboxylic acids is 1. The van der Waals surface area contributed by atoms with Gasteiger partial charge >= 0.3 is 0 Å². The lowest BCUT2D eigenvalue weighted by Crippen LogP contribution is -2.10. The van der Waals surface area contributed by atoms with Gasteiger partial charge in [-0.3, -0.25) is 4.79 Å². The Labute approximate surface area is 135 Å². The molecule has 2 aromatic rings. The predicted molar refractivity (Wildman–Crippen MR) is 91.4 cm³/mol. The highest BCUT2D eigenvalue weighted by Crippen LogP contribution is 2.41. The van der Waals surface area contributed by atoms with E-state index in [2.05, 4.69) is 13.8 Å². The molecule has 1 heterocycles. The molecule has 22 heavy (non-hydrogen) atoms. The predicted octanol–water partition coefficient (Wildman–Crippen LogP) is 5.19. The molecule has 0 radical (unpaired) electrons. The number of thioether (sulfide) groups is 1. The number of allylic oxidation sites excluding steroid dienone is 1. The molecule has 2 aromatic carbocycles. The summed E-state index contributed by atoms with van der Waals surface area (Å²) < 4.78 is 5.95. The molecule has 112 valence electrons. The number of rotatable bonds is 4. The highest BCUT2D eigenvalue weighted by atomic mass is 32.2. The Morgan fingerprint density at radius 2 is 1.86 bits per heavy atom.